The predicted molar refractivity (Wildman–Crippen MR) is 46.6 cm³/mol. The third-order valence-corrected chi connectivity index (χ3v) is 2.35. The Morgan fingerprint density at radius 3 is 2.58 bits per heavy atom. The molecule has 0 aromatic heterocycles. The molecule has 0 bridgehead atoms. The van der Waals surface area contributed by atoms with Crippen LogP contribution in [0.4, 0.5) is 0 Å². The first-order chi connectivity index (χ1) is 5.59. The van der Waals surface area contributed by atoms with Crippen LogP contribution in [-0.2, 0) is 4.79 Å². The molecule has 0 saturated heterocycles. The lowest BCUT2D eigenvalue weighted by Gasteiger charge is -2.18. The second-order valence-corrected chi connectivity index (χ2v) is 3.07. The first kappa shape index (κ1) is 9.58. The summed E-state index contributed by atoms with van der Waals surface area (Å²) in [5.74, 6) is -0.464. The second-order valence-electron chi connectivity index (χ2n) is 2.28. The normalized spacial score (nSPS) is 23.8. The zero-order valence-electron chi connectivity index (χ0n) is 6.13. The number of hydrogen-bond donors (Lipinski definition) is 1. The van der Waals surface area contributed by atoms with Gasteiger partial charge in [0.2, 0.25) is 0 Å². The van der Waals surface area contributed by atoms with Gasteiger partial charge in [0.05, 0.1) is 5.03 Å². The minimum atomic E-state index is -1.12. The van der Waals surface area contributed by atoms with E-state index in [0.29, 0.717) is 0 Å². The van der Waals surface area contributed by atoms with Gasteiger partial charge in [-0.05, 0) is 0 Å². The first-order valence-corrected chi connectivity index (χ1v) is 4.00. The third kappa shape index (κ3) is 1.35. The van der Waals surface area contributed by atoms with Crippen molar-refractivity contribution in [2.24, 2.45) is 0 Å². The van der Waals surface area contributed by atoms with Crippen LogP contribution in [0.15, 0.2) is 22.7 Å². The van der Waals surface area contributed by atoms with Crippen LogP contribution in [0, 0.1) is 0 Å². The minimum Gasteiger partial charge on any atom is -0.368 e. The van der Waals surface area contributed by atoms with Crippen LogP contribution in [0.1, 0.15) is 0 Å². The van der Waals surface area contributed by atoms with Crippen LogP contribution >= 0.6 is 23.2 Å². The molecule has 0 saturated carbocycles. The fourth-order valence-corrected chi connectivity index (χ4v) is 1.32. The molecule has 12 heavy (non-hydrogen) atoms. The van der Waals surface area contributed by atoms with E-state index in [2.05, 4.69) is 6.58 Å². The molecule has 0 radical (unpaired) electrons. The van der Waals surface area contributed by atoms with Crippen LogP contribution < -0.4 is 0 Å². The highest BCUT2D eigenvalue weighted by Gasteiger charge is 2.35. The van der Waals surface area contributed by atoms with Gasteiger partial charge in [0, 0.05) is 6.54 Å². The van der Waals surface area contributed by atoms with Crippen molar-refractivity contribution in [1.29, 1.82) is 0 Å². The van der Waals surface area contributed by atoms with E-state index in [0.717, 1.165) is 4.90 Å². The van der Waals surface area contributed by atoms with Crippen molar-refractivity contribution in [3.8, 4) is 0 Å². The summed E-state index contributed by atoms with van der Waals surface area (Å²) in [6, 6.07) is 0. The number of hydrogen-bond acceptors (Lipinski definition) is 2. The Morgan fingerprint density at radius 2 is 2.25 bits per heavy atom. The number of carbonyl (C=O) groups is 1. The largest absolute Gasteiger partial charge is 0.368 e. The molecule has 3 nitrogen and oxygen atoms in total. The van der Waals surface area contributed by atoms with E-state index in [1.54, 1.807) is 0 Å². The van der Waals surface area contributed by atoms with E-state index in [9.17, 15) is 9.90 Å². The number of carbonyl (C=O) groups excluding carboxylic acids is 1. The zero-order chi connectivity index (χ0) is 9.30. The number of amides is 1. The lowest BCUT2D eigenvalue weighted by atomic mass is 10.5. The molecule has 1 rings (SSSR count). The highest BCUT2D eigenvalue weighted by molar-refractivity contribution is 6.49. The average molecular weight is 208 g/mol. The summed E-state index contributed by atoms with van der Waals surface area (Å²) in [4.78, 5) is 12.3. The standard InChI is InChI=1S/C7H7Cl2NO2/c1-2-3-10-6(11)4(8)5(9)7(10)12/h2,6,11H,1,3H2. The molecule has 5 heteroatoms. The van der Waals surface area contributed by atoms with E-state index in [1.165, 1.54) is 6.08 Å². The van der Waals surface area contributed by atoms with E-state index in [-0.39, 0.29) is 16.6 Å². The molecule has 66 valence electrons. The molecular formula is C7H7Cl2NO2. The number of halogens is 2. The van der Waals surface area contributed by atoms with Gasteiger partial charge in [-0.3, -0.25) is 4.79 Å². The molecule has 1 heterocycles. The topological polar surface area (TPSA) is 40.5 Å². The Labute approximate surface area is 79.9 Å². The van der Waals surface area contributed by atoms with Gasteiger partial charge in [-0.1, -0.05) is 29.3 Å². The zero-order valence-corrected chi connectivity index (χ0v) is 7.64. The van der Waals surface area contributed by atoms with Crippen molar-refractivity contribution in [3.63, 3.8) is 0 Å². The number of aliphatic hydroxyl groups is 1. The van der Waals surface area contributed by atoms with Crippen molar-refractivity contribution in [2.75, 3.05) is 6.54 Å². The Balaban J connectivity index is 2.87. The maximum atomic E-state index is 11.2. The molecule has 1 N–H and O–H groups in total. The van der Waals surface area contributed by atoms with Gasteiger partial charge in [-0.15, -0.1) is 6.58 Å². The van der Waals surface area contributed by atoms with Crippen LogP contribution in [-0.4, -0.2) is 28.7 Å². The Kier molecular flexibility index (Phi) is 2.77. The number of aliphatic hydroxyl groups excluding tert-OH is 1. The molecule has 1 amide bonds. The van der Waals surface area contributed by atoms with Gasteiger partial charge in [0.15, 0.2) is 6.23 Å². The van der Waals surface area contributed by atoms with Crippen molar-refractivity contribution in [3.05, 3.63) is 22.7 Å². The van der Waals surface area contributed by atoms with Crippen molar-refractivity contribution in [1.82, 2.24) is 4.90 Å². The van der Waals surface area contributed by atoms with Gasteiger partial charge in [-0.2, -0.15) is 0 Å². The van der Waals surface area contributed by atoms with Crippen LogP contribution in [0.25, 0.3) is 0 Å². The van der Waals surface area contributed by atoms with Crippen molar-refractivity contribution >= 4 is 29.1 Å². The maximum Gasteiger partial charge on any atom is 0.269 e. The highest BCUT2D eigenvalue weighted by Crippen LogP contribution is 2.29. The molecule has 1 atom stereocenters. The number of nitrogens with zero attached hydrogens (tertiary/aromatic N) is 1. The molecule has 1 aliphatic rings. The molecule has 0 fully saturated rings. The van der Waals surface area contributed by atoms with Gasteiger partial charge in [0.25, 0.3) is 5.91 Å². The van der Waals surface area contributed by atoms with Crippen molar-refractivity contribution in [2.45, 2.75) is 6.23 Å². The second kappa shape index (κ2) is 3.47. The van der Waals surface area contributed by atoms with E-state index >= 15 is 0 Å². The summed E-state index contributed by atoms with van der Waals surface area (Å²) in [5.41, 5.74) is 0. The van der Waals surface area contributed by atoms with Crippen molar-refractivity contribution < 1.29 is 9.90 Å². The smallest absolute Gasteiger partial charge is 0.269 e. The molecule has 1 unspecified atom stereocenters. The third-order valence-electron chi connectivity index (χ3n) is 1.51. The Morgan fingerprint density at radius 1 is 1.67 bits per heavy atom. The van der Waals surface area contributed by atoms with E-state index in [4.69, 9.17) is 23.2 Å². The van der Waals surface area contributed by atoms with Gasteiger partial charge >= 0.3 is 0 Å². The fourth-order valence-electron chi connectivity index (χ4n) is 0.911. The molecule has 0 aliphatic carbocycles. The number of rotatable bonds is 2. The van der Waals surface area contributed by atoms with E-state index < -0.39 is 12.1 Å². The van der Waals surface area contributed by atoms with Crippen LogP contribution in [0.2, 0.25) is 0 Å². The molecule has 0 spiro atoms. The summed E-state index contributed by atoms with van der Waals surface area (Å²) >= 11 is 11.0. The average Bonchev–Trinajstić information content (AvgIpc) is 2.23. The lowest BCUT2D eigenvalue weighted by molar-refractivity contribution is -0.130. The van der Waals surface area contributed by atoms with Gasteiger partial charge in [0.1, 0.15) is 5.03 Å². The summed E-state index contributed by atoms with van der Waals surface area (Å²) in [5, 5.41) is 9.17. The van der Waals surface area contributed by atoms with E-state index in [1.807, 2.05) is 0 Å². The molecular weight excluding hydrogens is 201 g/mol. The minimum absolute atomic E-state index is 0.0245. The van der Waals surface area contributed by atoms with Gasteiger partial charge < -0.3 is 10.0 Å². The van der Waals surface area contributed by atoms with Crippen LogP contribution in [0.5, 0.6) is 0 Å². The monoisotopic (exact) mass is 207 g/mol. The fraction of sp³-hybridized carbons (Fsp3) is 0.286. The summed E-state index contributed by atoms with van der Waals surface area (Å²) in [7, 11) is 0. The lowest BCUT2D eigenvalue weighted by Crippen LogP contribution is -2.34. The Hall–Kier alpha value is -0.510. The summed E-state index contributed by atoms with van der Waals surface area (Å²) < 4.78 is 0. The van der Waals surface area contributed by atoms with Gasteiger partial charge in [-0.25, -0.2) is 0 Å². The molecule has 1 aliphatic heterocycles. The highest BCUT2D eigenvalue weighted by atomic mass is 35.5. The maximum absolute atomic E-state index is 11.2. The molecule has 0 aromatic rings. The molecule has 0 aromatic carbocycles. The first-order valence-electron chi connectivity index (χ1n) is 3.24. The quantitative estimate of drug-likeness (QED) is 0.688. The van der Waals surface area contributed by atoms with Crippen LogP contribution in [0.3, 0.4) is 0 Å². The summed E-state index contributed by atoms with van der Waals surface area (Å²) in [6.07, 6.45) is 0.366. The summed E-state index contributed by atoms with van der Waals surface area (Å²) in [6.45, 7) is 3.66. The SMILES string of the molecule is C=CCN1C(=O)C(Cl)=C(Cl)C1O. The Bertz CT molecular complexity index is 262. The predicted octanol–water partition coefficient (Wildman–Crippen LogP) is 1.02.